The Hall–Kier alpha value is -2.35. The summed E-state index contributed by atoms with van der Waals surface area (Å²) in [7, 11) is -4.05. The zero-order chi connectivity index (χ0) is 25.8. The SMILES string of the molecule is C[C@@]1(O)[C@H](O)[C@@H](COP2(=O)OCCC(c3cccc(Cl)c3)O2)O[C@H]1n1cc(F)c2c(N)nc(N)nc21. The lowest BCUT2D eigenvalue weighted by atomic mass is 9.96. The van der Waals surface area contributed by atoms with Crippen molar-refractivity contribution in [3.05, 3.63) is 46.9 Å². The number of phosphoric ester groups is 1. The van der Waals surface area contributed by atoms with E-state index in [2.05, 4.69) is 9.97 Å². The molecule has 6 N–H and O–H groups in total. The van der Waals surface area contributed by atoms with E-state index in [-0.39, 0.29) is 29.4 Å². The van der Waals surface area contributed by atoms with Gasteiger partial charge in [0.1, 0.15) is 23.6 Å². The Morgan fingerprint density at radius 2 is 2.17 bits per heavy atom. The van der Waals surface area contributed by atoms with E-state index in [4.69, 9.17) is 41.4 Å². The van der Waals surface area contributed by atoms with E-state index < -0.39 is 50.4 Å². The molecular weight excluding hydrogens is 520 g/mol. The predicted molar refractivity (Wildman–Crippen MR) is 126 cm³/mol. The monoisotopic (exact) mass is 543 g/mol. The van der Waals surface area contributed by atoms with Crippen LogP contribution in [-0.2, 0) is 22.9 Å². The topological polar surface area (TPSA) is 177 Å². The van der Waals surface area contributed by atoms with Gasteiger partial charge in [-0.2, -0.15) is 9.97 Å². The molecule has 2 unspecified atom stereocenters. The molecule has 0 bridgehead atoms. The van der Waals surface area contributed by atoms with Crippen molar-refractivity contribution in [2.24, 2.45) is 0 Å². The molecule has 6 atom stereocenters. The van der Waals surface area contributed by atoms with E-state index in [0.29, 0.717) is 17.0 Å². The molecule has 0 saturated carbocycles. The summed E-state index contributed by atoms with van der Waals surface area (Å²) in [6.45, 7) is 0.930. The van der Waals surface area contributed by atoms with Gasteiger partial charge in [-0.3, -0.25) is 18.1 Å². The highest BCUT2D eigenvalue weighted by atomic mass is 35.5. The summed E-state index contributed by atoms with van der Waals surface area (Å²) in [6.07, 6.45) is -3.19. The molecule has 0 radical (unpaired) electrons. The van der Waals surface area contributed by atoms with E-state index in [1.807, 2.05) is 0 Å². The number of benzene rings is 1. The first-order valence-electron chi connectivity index (χ1n) is 11.0. The first-order chi connectivity index (χ1) is 17.0. The van der Waals surface area contributed by atoms with Crippen molar-refractivity contribution in [1.82, 2.24) is 14.5 Å². The minimum atomic E-state index is -4.05. The highest BCUT2D eigenvalue weighted by Crippen LogP contribution is 2.57. The molecule has 1 aromatic carbocycles. The first kappa shape index (κ1) is 25.3. The second kappa shape index (κ2) is 9.19. The molecule has 36 heavy (non-hydrogen) atoms. The normalized spacial score (nSPS) is 32.8. The van der Waals surface area contributed by atoms with Crippen LogP contribution in [0.25, 0.3) is 11.0 Å². The lowest BCUT2D eigenvalue weighted by Crippen LogP contribution is -2.44. The number of aromatic nitrogens is 3. The molecular formula is C21H24ClFN5O7P. The van der Waals surface area contributed by atoms with Gasteiger partial charge in [0.25, 0.3) is 0 Å². The van der Waals surface area contributed by atoms with Gasteiger partial charge in [-0.25, -0.2) is 8.96 Å². The Kier molecular flexibility index (Phi) is 6.46. The van der Waals surface area contributed by atoms with Gasteiger partial charge in [0, 0.05) is 17.6 Å². The van der Waals surface area contributed by atoms with Crippen molar-refractivity contribution in [2.45, 2.75) is 43.5 Å². The smallest absolute Gasteiger partial charge is 0.387 e. The Labute approximate surface area is 209 Å². The predicted octanol–water partition coefficient (Wildman–Crippen LogP) is 2.70. The summed E-state index contributed by atoms with van der Waals surface area (Å²) >= 11 is 6.04. The number of nitrogen functional groups attached to an aromatic ring is 2. The van der Waals surface area contributed by atoms with Crippen molar-refractivity contribution in [3.8, 4) is 0 Å². The summed E-state index contributed by atoms with van der Waals surface area (Å²) < 4.78 is 51.1. The van der Waals surface area contributed by atoms with Gasteiger partial charge in [-0.05, 0) is 24.6 Å². The molecule has 4 heterocycles. The summed E-state index contributed by atoms with van der Waals surface area (Å²) in [6, 6.07) is 6.92. The van der Waals surface area contributed by atoms with Gasteiger partial charge >= 0.3 is 7.82 Å². The first-order valence-corrected chi connectivity index (χ1v) is 12.8. The van der Waals surface area contributed by atoms with Crippen molar-refractivity contribution in [3.63, 3.8) is 0 Å². The van der Waals surface area contributed by atoms with Crippen LogP contribution in [0.4, 0.5) is 16.2 Å². The van der Waals surface area contributed by atoms with Crippen LogP contribution in [-0.4, -0.2) is 55.8 Å². The standard InChI is InChI=1S/C21H24ClFN5O7P/c1-21(30)16(29)14(34-19(21)28-8-12(23)15-17(24)26-20(25)27-18(15)28)9-33-36(31)32-6-5-13(35-36)10-3-2-4-11(22)7-10/h2-4,7-8,13-14,16,19,29-30H,5-6,9H2,1H3,(H4,24,25,26,27)/t13?,14-,16-,19-,21-,36?/m1/s1. The zero-order valence-electron chi connectivity index (χ0n) is 19.0. The molecule has 2 fully saturated rings. The average Bonchev–Trinajstić information content (AvgIpc) is 3.25. The fourth-order valence-electron chi connectivity index (χ4n) is 4.38. The van der Waals surface area contributed by atoms with Crippen LogP contribution in [0.15, 0.2) is 30.5 Å². The van der Waals surface area contributed by atoms with Gasteiger partial charge in [0.15, 0.2) is 17.7 Å². The van der Waals surface area contributed by atoms with Gasteiger partial charge < -0.3 is 26.4 Å². The number of anilines is 2. The molecule has 5 rings (SSSR count). The zero-order valence-corrected chi connectivity index (χ0v) is 20.6. The second-order valence-corrected chi connectivity index (χ2v) is 10.8. The number of halogens is 2. The molecule has 0 amide bonds. The quantitative estimate of drug-likeness (QED) is 0.348. The molecule has 0 spiro atoms. The number of aliphatic hydroxyl groups excluding tert-OH is 1. The Bertz CT molecular complexity index is 1360. The van der Waals surface area contributed by atoms with Crippen LogP contribution in [0, 0.1) is 5.82 Å². The van der Waals surface area contributed by atoms with Crippen molar-refractivity contribution in [1.29, 1.82) is 0 Å². The number of aliphatic hydroxyl groups is 2. The number of nitrogens with zero attached hydrogens (tertiary/aromatic N) is 3. The number of fused-ring (bicyclic) bond motifs is 1. The molecule has 2 saturated heterocycles. The van der Waals surface area contributed by atoms with Gasteiger partial charge in [0.2, 0.25) is 5.95 Å². The minimum absolute atomic E-state index is 0.0346. The van der Waals surface area contributed by atoms with E-state index in [0.717, 1.165) is 10.8 Å². The van der Waals surface area contributed by atoms with Crippen LogP contribution >= 0.6 is 19.4 Å². The van der Waals surface area contributed by atoms with Crippen LogP contribution in [0.2, 0.25) is 5.02 Å². The van der Waals surface area contributed by atoms with Crippen molar-refractivity contribution >= 4 is 42.2 Å². The van der Waals surface area contributed by atoms with E-state index >= 15 is 0 Å². The fraction of sp³-hybridized carbons (Fsp3) is 0.429. The van der Waals surface area contributed by atoms with E-state index in [1.54, 1.807) is 24.3 Å². The maximum atomic E-state index is 14.6. The van der Waals surface area contributed by atoms with E-state index in [1.165, 1.54) is 6.92 Å². The lowest BCUT2D eigenvalue weighted by Gasteiger charge is -2.30. The molecule has 194 valence electrons. The summed E-state index contributed by atoms with van der Waals surface area (Å²) in [5.74, 6) is -1.17. The largest absolute Gasteiger partial charge is 0.475 e. The number of rotatable bonds is 5. The minimum Gasteiger partial charge on any atom is -0.387 e. The van der Waals surface area contributed by atoms with Crippen molar-refractivity contribution in [2.75, 3.05) is 24.7 Å². The molecule has 2 aliphatic rings. The maximum absolute atomic E-state index is 14.6. The fourth-order valence-corrected chi connectivity index (χ4v) is 5.97. The number of phosphoric acid groups is 1. The van der Waals surface area contributed by atoms with E-state index in [9.17, 15) is 19.2 Å². The number of nitrogens with two attached hydrogens (primary N) is 2. The van der Waals surface area contributed by atoms with Crippen LogP contribution in [0.1, 0.15) is 31.2 Å². The molecule has 2 aromatic heterocycles. The van der Waals surface area contributed by atoms with Crippen molar-refractivity contribution < 1.29 is 37.5 Å². The highest BCUT2D eigenvalue weighted by Gasteiger charge is 2.54. The van der Waals surface area contributed by atoms with Gasteiger partial charge in [-0.1, -0.05) is 23.7 Å². The number of ether oxygens (including phenoxy) is 1. The molecule has 2 aliphatic heterocycles. The molecule has 12 nitrogen and oxygen atoms in total. The third-order valence-electron chi connectivity index (χ3n) is 6.18. The Morgan fingerprint density at radius 1 is 1.39 bits per heavy atom. The second-order valence-electron chi connectivity index (χ2n) is 8.76. The molecule has 15 heteroatoms. The van der Waals surface area contributed by atoms with Crippen LogP contribution in [0.5, 0.6) is 0 Å². The molecule has 0 aliphatic carbocycles. The van der Waals surface area contributed by atoms with Gasteiger partial charge in [0.05, 0.1) is 24.7 Å². The summed E-state index contributed by atoms with van der Waals surface area (Å²) in [4.78, 5) is 7.75. The van der Waals surface area contributed by atoms with Crippen LogP contribution in [0.3, 0.4) is 0 Å². The Morgan fingerprint density at radius 3 is 2.92 bits per heavy atom. The van der Waals surface area contributed by atoms with Crippen LogP contribution < -0.4 is 11.5 Å². The maximum Gasteiger partial charge on any atom is 0.475 e. The summed E-state index contributed by atoms with van der Waals surface area (Å²) in [5, 5.41) is 22.2. The highest BCUT2D eigenvalue weighted by molar-refractivity contribution is 7.48. The summed E-state index contributed by atoms with van der Waals surface area (Å²) in [5.41, 5.74) is 10.2. The number of hydrogen-bond acceptors (Lipinski definition) is 11. The molecule has 3 aromatic rings. The third kappa shape index (κ3) is 4.46. The Balaban J connectivity index is 1.34. The number of hydrogen-bond donors (Lipinski definition) is 4. The third-order valence-corrected chi connectivity index (χ3v) is 7.89. The average molecular weight is 544 g/mol. The lowest BCUT2D eigenvalue weighted by molar-refractivity contribution is -0.0952. The van der Waals surface area contributed by atoms with Gasteiger partial charge in [-0.15, -0.1) is 0 Å².